The van der Waals surface area contributed by atoms with Gasteiger partial charge in [-0.3, -0.25) is 0 Å². The molecule has 0 bridgehead atoms. The molecule has 0 amide bonds. The van der Waals surface area contributed by atoms with Crippen molar-refractivity contribution < 1.29 is 9.84 Å². The first-order valence-electron chi connectivity index (χ1n) is 2.97. The van der Waals surface area contributed by atoms with Gasteiger partial charge in [0.15, 0.2) is 0 Å². The first-order valence-corrected chi connectivity index (χ1v) is 2.97. The maximum Gasteiger partial charge on any atom is 0.123 e. The van der Waals surface area contributed by atoms with E-state index in [0.29, 0.717) is 0 Å². The van der Waals surface area contributed by atoms with Crippen LogP contribution in [0.3, 0.4) is 0 Å². The van der Waals surface area contributed by atoms with Crippen LogP contribution in [0.1, 0.15) is 6.92 Å². The van der Waals surface area contributed by atoms with Crippen LogP contribution in [0, 0.1) is 0 Å². The van der Waals surface area contributed by atoms with Crippen molar-refractivity contribution in [3.05, 3.63) is 12.3 Å². The summed E-state index contributed by atoms with van der Waals surface area (Å²) in [7, 11) is 0. The third-order valence-electron chi connectivity index (χ3n) is 1.47. The summed E-state index contributed by atoms with van der Waals surface area (Å²) in [6.45, 7) is 1.79. The Labute approximate surface area is 54.1 Å². The third-order valence-corrected chi connectivity index (χ3v) is 1.47. The molecule has 0 radical (unpaired) electrons. The van der Waals surface area contributed by atoms with Gasteiger partial charge >= 0.3 is 0 Å². The molecule has 1 aliphatic rings. The van der Waals surface area contributed by atoms with E-state index in [1.165, 1.54) is 6.26 Å². The molecule has 1 heterocycles. The Hall–Kier alpha value is -0.540. The van der Waals surface area contributed by atoms with Gasteiger partial charge in [0.1, 0.15) is 12.2 Å². The highest BCUT2D eigenvalue weighted by Crippen LogP contribution is 2.08. The fourth-order valence-electron chi connectivity index (χ4n) is 0.767. The summed E-state index contributed by atoms with van der Waals surface area (Å²) in [5, 5.41) is 9.14. The van der Waals surface area contributed by atoms with E-state index in [4.69, 9.17) is 15.6 Å². The van der Waals surface area contributed by atoms with Crippen molar-refractivity contribution in [1.82, 2.24) is 0 Å². The molecule has 0 spiro atoms. The van der Waals surface area contributed by atoms with Crippen LogP contribution in [-0.2, 0) is 4.74 Å². The van der Waals surface area contributed by atoms with E-state index in [1.807, 2.05) is 0 Å². The van der Waals surface area contributed by atoms with E-state index in [0.717, 1.165) is 0 Å². The van der Waals surface area contributed by atoms with E-state index in [-0.39, 0.29) is 12.1 Å². The Morgan fingerprint density at radius 3 is 2.78 bits per heavy atom. The lowest BCUT2D eigenvalue weighted by atomic mass is 10.1. The van der Waals surface area contributed by atoms with Crippen LogP contribution in [0.2, 0.25) is 0 Å². The third kappa shape index (κ3) is 1.23. The lowest BCUT2D eigenvalue weighted by molar-refractivity contribution is 0.000367. The second kappa shape index (κ2) is 2.37. The summed E-state index contributed by atoms with van der Waals surface area (Å²) in [6, 6.07) is -0.270. The molecule has 0 saturated carbocycles. The number of hydrogen-bond donors (Lipinski definition) is 2. The summed E-state index contributed by atoms with van der Waals surface area (Å²) in [4.78, 5) is 0. The summed E-state index contributed by atoms with van der Waals surface area (Å²) >= 11 is 0. The van der Waals surface area contributed by atoms with Gasteiger partial charge in [-0.05, 0) is 13.0 Å². The summed E-state index contributed by atoms with van der Waals surface area (Å²) in [5.74, 6) is 0. The zero-order chi connectivity index (χ0) is 6.85. The second-order valence-corrected chi connectivity index (χ2v) is 2.24. The minimum Gasteiger partial charge on any atom is -0.496 e. The quantitative estimate of drug-likeness (QED) is 0.468. The Balaban J connectivity index is 2.58. The molecule has 0 aliphatic carbocycles. The van der Waals surface area contributed by atoms with Gasteiger partial charge in [0.05, 0.1) is 12.3 Å². The zero-order valence-corrected chi connectivity index (χ0v) is 5.32. The van der Waals surface area contributed by atoms with Crippen molar-refractivity contribution in [3.63, 3.8) is 0 Å². The summed E-state index contributed by atoms with van der Waals surface area (Å²) < 4.78 is 4.95. The highest BCUT2D eigenvalue weighted by Gasteiger charge is 2.23. The molecule has 0 aromatic rings. The van der Waals surface area contributed by atoms with Gasteiger partial charge in [0.25, 0.3) is 0 Å². The first kappa shape index (κ1) is 6.58. The number of rotatable bonds is 0. The van der Waals surface area contributed by atoms with Gasteiger partial charge in [0.2, 0.25) is 0 Å². The molecule has 9 heavy (non-hydrogen) atoms. The number of aliphatic hydroxyl groups excluding tert-OH is 1. The lowest BCUT2D eigenvalue weighted by Gasteiger charge is -2.25. The Morgan fingerprint density at radius 1 is 1.67 bits per heavy atom. The van der Waals surface area contributed by atoms with Crippen molar-refractivity contribution in [2.75, 3.05) is 0 Å². The van der Waals surface area contributed by atoms with Gasteiger partial charge in [-0.2, -0.15) is 0 Å². The SMILES string of the molecule is C[C@@H]1OC=C[C@H](N)[C@@H]1O. The summed E-state index contributed by atoms with van der Waals surface area (Å²) in [5.41, 5.74) is 5.45. The molecule has 0 fully saturated rings. The average molecular weight is 129 g/mol. The molecular weight excluding hydrogens is 118 g/mol. The van der Waals surface area contributed by atoms with Crippen LogP contribution in [0.4, 0.5) is 0 Å². The zero-order valence-electron chi connectivity index (χ0n) is 5.32. The number of aliphatic hydroxyl groups is 1. The average Bonchev–Trinajstić information content (AvgIpc) is 1.83. The van der Waals surface area contributed by atoms with Crippen molar-refractivity contribution >= 4 is 0 Å². The second-order valence-electron chi connectivity index (χ2n) is 2.24. The Bertz CT molecular complexity index is 124. The van der Waals surface area contributed by atoms with Crippen molar-refractivity contribution in [2.24, 2.45) is 5.73 Å². The van der Waals surface area contributed by atoms with Crippen molar-refractivity contribution in [3.8, 4) is 0 Å². The molecular formula is C6H11NO2. The van der Waals surface area contributed by atoms with E-state index < -0.39 is 6.10 Å². The molecule has 0 aromatic heterocycles. The van der Waals surface area contributed by atoms with E-state index in [1.54, 1.807) is 13.0 Å². The molecule has 0 aromatic carbocycles. The van der Waals surface area contributed by atoms with Gasteiger partial charge in [-0.25, -0.2) is 0 Å². The van der Waals surface area contributed by atoms with Crippen LogP contribution in [-0.4, -0.2) is 23.4 Å². The van der Waals surface area contributed by atoms with Gasteiger partial charge in [-0.15, -0.1) is 0 Å². The molecule has 0 unspecified atom stereocenters. The van der Waals surface area contributed by atoms with Gasteiger partial charge in [0, 0.05) is 0 Å². The molecule has 1 aliphatic heterocycles. The standard InChI is InChI=1S/C6H11NO2/c1-4-6(8)5(7)2-3-9-4/h2-6,8H,7H2,1H3/t4-,5-,6+/m0/s1. The van der Waals surface area contributed by atoms with Gasteiger partial charge < -0.3 is 15.6 Å². The number of hydrogen-bond acceptors (Lipinski definition) is 3. The van der Waals surface area contributed by atoms with E-state index >= 15 is 0 Å². The van der Waals surface area contributed by atoms with E-state index in [9.17, 15) is 0 Å². The maximum atomic E-state index is 9.14. The highest BCUT2D eigenvalue weighted by molar-refractivity contribution is 4.98. The molecule has 3 atom stereocenters. The van der Waals surface area contributed by atoms with E-state index in [2.05, 4.69) is 0 Å². The predicted octanol–water partition coefficient (Wildman–Crippen LogP) is -0.393. The fourth-order valence-corrected chi connectivity index (χ4v) is 0.767. The Kier molecular flexibility index (Phi) is 1.73. The predicted molar refractivity (Wildman–Crippen MR) is 33.7 cm³/mol. The first-order chi connectivity index (χ1) is 4.22. The van der Waals surface area contributed by atoms with Crippen LogP contribution in [0.15, 0.2) is 12.3 Å². The monoisotopic (exact) mass is 129 g/mol. The maximum absolute atomic E-state index is 9.14. The molecule has 3 heteroatoms. The normalized spacial score (nSPS) is 42.3. The van der Waals surface area contributed by atoms with Crippen LogP contribution in [0.25, 0.3) is 0 Å². The van der Waals surface area contributed by atoms with Crippen molar-refractivity contribution in [2.45, 2.75) is 25.2 Å². The van der Waals surface area contributed by atoms with Crippen molar-refractivity contribution in [1.29, 1.82) is 0 Å². The van der Waals surface area contributed by atoms with Gasteiger partial charge in [-0.1, -0.05) is 0 Å². The topological polar surface area (TPSA) is 55.5 Å². The van der Waals surface area contributed by atoms with Crippen LogP contribution >= 0.6 is 0 Å². The number of nitrogens with two attached hydrogens (primary N) is 1. The van der Waals surface area contributed by atoms with Crippen LogP contribution in [0.5, 0.6) is 0 Å². The Morgan fingerprint density at radius 2 is 2.33 bits per heavy atom. The fraction of sp³-hybridized carbons (Fsp3) is 0.667. The molecule has 1 rings (SSSR count). The minimum atomic E-state index is -0.560. The highest BCUT2D eigenvalue weighted by atomic mass is 16.5. The molecule has 0 saturated heterocycles. The molecule has 3 nitrogen and oxygen atoms in total. The summed E-state index contributed by atoms with van der Waals surface area (Å²) in [6.07, 6.45) is 2.44. The minimum absolute atomic E-state index is 0.176. The van der Waals surface area contributed by atoms with Crippen LogP contribution < -0.4 is 5.73 Å². The lowest BCUT2D eigenvalue weighted by Crippen LogP contribution is -2.43. The largest absolute Gasteiger partial charge is 0.496 e. The smallest absolute Gasteiger partial charge is 0.123 e. The number of ether oxygens (including phenoxy) is 1. The molecule has 52 valence electrons. The molecule has 3 N–H and O–H groups in total.